The summed E-state index contributed by atoms with van der Waals surface area (Å²) in [7, 11) is 3.53. The molecule has 0 bridgehead atoms. The molecule has 5 nitrogen and oxygen atoms in total. The minimum Gasteiger partial charge on any atom is -0.398 e. The summed E-state index contributed by atoms with van der Waals surface area (Å²) in [5.41, 5.74) is 0. The second kappa shape index (κ2) is 10.3. The third-order valence-electron chi connectivity index (χ3n) is 3.43. The third-order valence-corrected chi connectivity index (χ3v) is 10.5. The quantitative estimate of drug-likeness (QED) is 0.313. The van der Waals surface area contributed by atoms with Gasteiger partial charge >= 0.3 is 17.4 Å². The van der Waals surface area contributed by atoms with Gasteiger partial charge in [0.25, 0.3) is 0 Å². The summed E-state index contributed by atoms with van der Waals surface area (Å²) in [6.07, 6.45) is 1.99. The Morgan fingerprint density at radius 3 is 1.58 bits per heavy atom. The Balaban J connectivity index is 4.55. The number of halogens is 1. The average Bonchev–Trinajstić information content (AvgIpc) is 2.47. The van der Waals surface area contributed by atoms with Gasteiger partial charge < -0.3 is 22.1 Å². The molecular weight excluding hydrogens is 304 g/mol. The van der Waals surface area contributed by atoms with Crippen LogP contribution >= 0.6 is 11.6 Å². The minimum atomic E-state index is -2.56. The number of rotatable bonds is 12. The summed E-state index contributed by atoms with van der Waals surface area (Å²) < 4.78 is 27.7. The van der Waals surface area contributed by atoms with Gasteiger partial charge in [-0.05, 0) is 18.5 Å². The molecule has 0 aromatic rings. The molecule has 0 heterocycles. The second-order valence-electron chi connectivity index (χ2n) is 4.26. The van der Waals surface area contributed by atoms with E-state index in [1.807, 2.05) is 0 Å². The van der Waals surface area contributed by atoms with Crippen molar-refractivity contribution in [3.05, 3.63) is 0 Å². The molecule has 0 amide bonds. The van der Waals surface area contributed by atoms with Gasteiger partial charge in [0.15, 0.2) is 0 Å². The smallest absolute Gasteiger partial charge is 0.398 e. The first-order valence-electron chi connectivity index (χ1n) is 6.39. The zero-order chi connectivity index (χ0) is 14.8. The Kier molecular flexibility index (Phi) is 10.6. The van der Waals surface area contributed by atoms with Gasteiger partial charge in [0, 0.05) is 47.5 Å². The molecule has 0 radical (unpaired) electrons. The molecular formula is C11H27ClO5Si2. The van der Waals surface area contributed by atoms with Gasteiger partial charge in [0.2, 0.25) is 0 Å². The fourth-order valence-electron chi connectivity index (χ4n) is 2.01. The molecule has 8 heteroatoms. The van der Waals surface area contributed by atoms with Crippen LogP contribution in [0.2, 0.25) is 18.1 Å². The summed E-state index contributed by atoms with van der Waals surface area (Å²) in [5, 5.41) is 0. The van der Waals surface area contributed by atoms with Crippen LogP contribution in [0.1, 0.15) is 12.8 Å². The molecule has 0 aromatic carbocycles. The van der Waals surface area contributed by atoms with Crippen LogP contribution in [0, 0.1) is 0 Å². The highest BCUT2D eigenvalue weighted by Gasteiger charge is 2.44. The Morgan fingerprint density at radius 2 is 1.21 bits per heavy atom. The van der Waals surface area contributed by atoms with Crippen molar-refractivity contribution in [2.75, 3.05) is 41.4 Å². The van der Waals surface area contributed by atoms with Crippen molar-refractivity contribution in [2.45, 2.75) is 31.0 Å². The zero-order valence-electron chi connectivity index (χ0n) is 12.7. The molecule has 0 saturated heterocycles. The highest BCUT2D eigenvalue weighted by Crippen LogP contribution is 2.27. The van der Waals surface area contributed by atoms with Crippen LogP contribution in [0.3, 0.4) is 0 Å². The van der Waals surface area contributed by atoms with Gasteiger partial charge in [-0.2, -0.15) is 0 Å². The molecule has 0 rings (SSSR count). The molecule has 116 valence electrons. The van der Waals surface area contributed by atoms with Crippen molar-refractivity contribution >= 4 is 29.0 Å². The lowest BCUT2D eigenvalue weighted by molar-refractivity contribution is 0.123. The first-order valence-corrected chi connectivity index (χ1v) is 11.1. The predicted molar refractivity (Wildman–Crippen MR) is 80.9 cm³/mol. The van der Waals surface area contributed by atoms with Gasteiger partial charge in [-0.3, -0.25) is 0 Å². The van der Waals surface area contributed by atoms with E-state index in [0.717, 1.165) is 24.9 Å². The van der Waals surface area contributed by atoms with E-state index in [4.69, 9.17) is 33.7 Å². The Morgan fingerprint density at radius 1 is 0.684 bits per heavy atom. The van der Waals surface area contributed by atoms with Gasteiger partial charge in [-0.25, -0.2) is 0 Å². The maximum absolute atomic E-state index is 5.71. The first kappa shape index (κ1) is 19.5. The Labute approximate surface area is 124 Å². The lowest BCUT2D eigenvalue weighted by Crippen LogP contribution is -2.47. The van der Waals surface area contributed by atoms with E-state index in [-0.39, 0.29) is 0 Å². The van der Waals surface area contributed by atoms with Crippen molar-refractivity contribution in [1.82, 2.24) is 0 Å². The molecule has 0 aromatic heterocycles. The van der Waals surface area contributed by atoms with Gasteiger partial charge in [0.1, 0.15) is 0 Å². The molecule has 0 N–H and O–H groups in total. The van der Waals surface area contributed by atoms with Crippen molar-refractivity contribution in [3.8, 4) is 0 Å². The van der Waals surface area contributed by atoms with Crippen molar-refractivity contribution in [3.63, 3.8) is 0 Å². The molecule has 0 aliphatic heterocycles. The molecule has 19 heavy (non-hydrogen) atoms. The summed E-state index contributed by atoms with van der Waals surface area (Å²) in [6, 6.07) is 2.42. The van der Waals surface area contributed by atoms with Crippen molar-refractivity contribution < 1.29 is 22.1 Å². The lowest BCUT2D eigenvalue weighted by atomic mass is 10.4. The SMILES string of the molecule is CO[Si](CCCCCl)(CC[Si](OC)(OC)OC)OC. The maximum atomic E-state index is 5.71. The fourth-order valence-corrected chi connectivity index (χ4v) is 8.08. The Hall–Kier alpha value is 0.524. The second-order valence-corrected chi connectivity index (χ2v) is 11.4. The molecule has 0 aliphatic carbocycles. The molecule has 0 spiro atoms. The van der Waals surface area contributed by atoms with Crippen LogP contribution < -0.4 is 0 Å². The highest BCUT2D eigenvalue weighted by molar-refractivity contribution is 6.70. The maximum Gasteiger partial charge on any atom is 0.500 e. The van der Waals surface area contributed by atoms with E-state index >= 15 is 0 Å². The Bertz CT molecular complexity index is 217. The van der Waals surface area contributed by atoms with Gasteiger partial charge in [-0.15, -0.1) is 11.6 Å². The number of unbranched alkanes of at least 4 members (excludes halogenated alkanes) is 1. The average molecular weight is 331 g/mol. The van der Waals surface area contributed by atoms with Crippen LogP contribution in [0.15, 0.2) is 0 Å². The zero-order valence-corrected chi connectivity index (χ0v) is 15.4. The van der Waals surface area contributed by atoms with Crippen LogP contribution in [0.25, 0.3) is 0 Å². The summed E-state index contributed by atoms with van der Waals surface area (Å²) in [5.74, 6) is 0.671. The molecule has 0 atom stereocenters. The summed E-state index contributed by atoms with van der Waals surface area (Å²) in [6.45, 7) is 0. The molecule has 0 unspecified atom stereocenters. The van der Waals surface area contributed by atoms with Crippen LogP contribution in [0.4, 0.5) is 0 Å². The minimum absolute atomic E-state index is 0.671. The first-order chi connectivity index (χ1) is 9.07. The van der Waals surface area contributed by atoms with E-state index in [9.17, 15) is 0 Å². The fraction of sp³-hybridized carbons (Fsp3) is 1.00. The lowest BCUT2D eigenvalue weighted by Gasteiger charge is -2.31. The van der Waals surface area contributed by atoms with E-state index in [0.29, 0.717) is 11.9 Å². The van der Waals surface area contributed by atoms with E-state index in [2.05, 4.69) is 0 Å². The topological polar surface area (TPSA) is 46.2 Å². The number of alkyl halides is 1. The van der Waals surface area contributed by atoms with Gasteiger partial charge in [0.05, 0.1) is 0 Å². The number of hydrogen-bond donors (Lipinski definition) is 0. The standard InChI is InChI=1S/C11H27ClO5Si2/c1-13-18(14-2,9-7-6-8-12)10-11-19(15-3,16-4)17-5/h6-11H2,1-5H3. The van der Waals surface area contributed by atoms with Crippen molar-refractivity contribution in [1.29, 1.82) is 0 Å². The monoisotopic (exact) mass is 330 g/mol. The summed E-state index contributed by atoms with van der Waals surface area (Å²) >= 11 is 5.71. The summed E-state index contributed by atoms with van der Waals surface area (Å²) in [4.78, 5) is 0. The number of hydrogen-bond acceptors (Lipinski definition) is 5. The van der Waals surface area contributed by atoms with E-state index in [1.54, 1.807) is 35.5 Å². The van der Waals surface area contributed by atoms with E-state index in [1.165, 1.54) is 0 Å². The molecule has 0 saturated carbocycles. The van der Waals surface area contributed by atoms with E-state index < -0.39 is 17.4 Å². The normalized spacial score (nSPS) is 12.9. The molecule has 0 fully saturated rings. The largest absolute Gasteiger partial charge is 0.500 e. The van der Waals surface area contributed by atoms with Crippen LogP contribution in [-0.4, -0.2) is 58.8 Å². The third kappa shape index (κ3) is 6.22. The van der Waals surface area contributed by atoms with Crippen molar-refractivity contribution in [2.24, 2.45) is 0 Å². The predicted octanol–water partition coefficient (Wildman–Crippen LogP) is 2.62. The molecule has 0 aliphatic rings. The van der Waals surface area contributed by atoms with Crippen LogP contribution in [0.5, 0.6) is 0 Å². The highest BCUT2D eigenvalue weighted by atomic mass is 35.5. The van der Waals surface area contributed by atoms with Gasteiger partial charge in [-0.1, -0.05) is 6.42 Å². The van der Waals surface area contributed by atoms with Crippen LogP contribution in [-0.2, 0) is 22.1 Å².